The molecule has 1 N–H and O–H groups in total. The van der Waals surface area contributed by atoms with Crippen molar-refractivity contribution in [2.24, 2.45) is 5.34 Å². The summed E-state index contributed by atoms with van der Waals surface area (Å²) in [5.74, 6) is 0.292. The summed E-state index contributed by atoms with van der Waals surface area (Å²) in [6.45, 7) is 0.957. The Morgan fingerprint density at radius 1 is 1.70 bits per heavy atom. The van der Waals surface area contributed by atoms with Gasteiger partial charge in [-0.25, -0.2) is 0 Å². The third kappa shape index (κ3) is 3.01. The number of likely N-dealkylation sites (tertiary alicyclic amines) is 1. The van der Waals surface area contributed by atoms with Gasteiger partial charge in [0.15, 0.2) is 5.34 Å². The molecule has 0 bridgehead atoms. The zero-order valence-electron chi connectivity index (χ0n) is 5.78. The fourth-order valence-electron chi connectivity index (χ4n) is 0.783. The molecular weight excluding hydrogens is 136 g/mol. The SMILES string of the molecule is CN1CCCC1=O.O=NO. The quantitative estimate of drug-likeness (QED) is 0.396. The number of hydrogen-bond donors (Lipinski definition) is 1. The van der Waals surface area contributed by atoms with E-state index < -0.39 is 0 Å². The lowest BCUT2D eigenvalue weighted by atomic mass is 10.4. The van der Waals surface area contributed by atoms with Crippen molar-refractivity contribution in [2.75, 3.05) is 13.6 Å². The van der Waals surface area contributed by atoms with Gasteiger partial charge in [0.1, 0.15) is 0 Å². The molecule has 0 aliphatic carbocycles. The van der Waals surface area contributed by atoms with Gasteiger partial charge in [-0.3, -0.25) is 4.79 Å². The molecule has 1 aliphatic heterocycles. The molecular formula is C5H10N2O3. The largest absolute Gasteiger partial charge is 0.379 e. The zero-order chi connectivity index (χ0) is 7.98. The lowest BCUT2D eigenvalue weighted by Gasteiger charge is -2.03. The van der Waals surface area contributed by atoms with E-state index in [1.807, 2.05) is 7.05 Å². The van der Waals surface area contributed by atoms with E-state index in [1.54, 1.807) is 4.90 Å². The molecule has 5 nitrogen and oxygen atoms in total. The Hall–Kier alpha value is -1.13. The van der Waals surface area contributed by atoms with E-state index in [-0.39, 0.29) is 0 Å². The van der Waals surface area contributed by atoms with Gasteiger partial charge in [-0.2, -0.15) is 0 Å². The molecule has 0 aromatic rings. The topological polar surface area (TPSA) is 70.0 Å². The summed E-state index contributed by atoms with van der Waals surface area (Å²) in [5.41, 5.74) is 0. The van der Waals surface area contributed by atoms with E-state index in [0.29, 0.717) is 5.91 Å². The van der Waals surface area contributed by atoms with E-state index in [4.69, 9.17) is 10.1 Å². The van der Waals surface area contributed by atoms with Gasteiger partial charge in [-0.15, -0.1) is 4.91 Å². The molecule has 1 aliphatic rings. The average molecular weight is 146 g/mol. The third-order valence-electron chi connectivity index (χ3n) is 1.31. The minimum absolute atomic E-state index is 0.292. The second-order valence-electron chi connectivity index (χ2n) is 2.00. The molecule has 1 fully saturated rings. The lowest BCUT2D eigenvalue weighted by Crippen LogP contribution is -2.17. The standard InChI is InChI=1S/C5H9NO.HNO2/c1-6-4-2-3-5(6)7;2-1-3/h2-4H2,1H3;(H,2,3). The summed E-state index contributed by atoms with van der Waals surface area (Å²) in [6, 6.07) is 0. The van der Waals surface area contributed by atoms with E-state index in [9.17, 15) is 4.79 Å². The van der Waals surface area contributed by atoms with Crippen LogP contribution in [0, 0.1) is 4.91 Å². The normalized spacial score (nSPS) is 16.1. The summed E-state index contributed by atoms with van der Waals surface area (Å²) < 4.78 is 0. The summed E-state index contributed by atoms with van der Waals surface area (Å²) in [5, 5.41) is 7.89. The summed E-state index contributed by atoms with van der Waals surface area (Å²) in [4.78, 5) is 20.4. The fourth-order valence-corrected chi connectivity index (χ4v) is 0.783. The first kappa shape index (κ1) is 8.87. The minimum Gasteiger partial charge on any atom is -0.379 e. The van der Waals surface area contributed by atoms with Gasteiger partial charge >= 0.3 is 0 Å². The fraction of sp³-hybridized carbons (Fsp3) is 0.800. The molecule has 5 heteroatoms. The molecule has 1 saturated heterocycles. The van der Waals surface area contributed by atoms with Crippen molar-refractivity contribution in [3.8, 4) is 0 Å². The van der Waals surface area contributed by atoms with Crippen LogP contribution in [0.1, 0.15) is 12.8 Å². The molecule has 0 radical (unpaired) electrons. The molecule has 0 aromatic heterocycles. The average Bonchev–Trinajstić information content (AvgIpc) is 2.19. The Morgan fingerprint density at radius 2 is 2.20 bits per heavy atom. The molecule has 1 heterocycles. The van der Waals surface area contributed by atoms with E-state index >= 15 is 0 Å². The smallest absolute Gasteiger partial charge is 0.222 e. The number of nitrogens with zero attached hydrogens (tertiary/aromatic N) is 2. The Bertz CT molecular complexity index is 126. The predicted octanol–water partition coefficient (Wildman–Crippen LogP) is 0.381. The maximum absolute atomic E-state index is 10.5. The van der Waals surface area contributed by atoms with Crippen molar-refractivity contribution in [1.82, 2.24) is 4.90 Å². The summed E-state index contributed by atoms with van der Waals surface area (Å²) in [6.07, 6.45) is 1.81. The first-order chi connectivity index (χ1) is 4.72. The van der Waals surface area contributed by atoms with Gasteiger partial charge in [0.2, 0.25) is 5.91 Å². The van der Waals surface area contributed by atoms with Gasteiger partial charge in [0.25, 0.3) is 0 Å². The first-order valence-electron chi connectivity index (χ1n) is 2.93. The number of amides is 1. The van der Waals surface area contributed by atoms with Gasteiger partial charge < -0.3 is 10.1 Å². The van der Waals surface area contributed by atoms with Gasteiger partial charge in [0.05, 0.1) is 0 Å². The Balaban J connectivity index is 0.000000236. The number of hydrogen-bond acceptors (Lipinski definition) is 3. The molecule has 0 spiro atoms. The van der Waals surface area contributed by atoms with Gasteiger partial charge in [-0.05, 0) is 6.42 Å². The molecule has 0 unspecified atom stereocenters. The van der Waals surface area contributed by atoms with E-state index in [1.165, 1.54) is 5.34 Å². The highest BCUT2D eigenvalue weighted by Gasteiger charge is 2.14. The van der Waals surface area contributed by atoms with Crippen molar-refractivity contribution in [1.29, 1.82) is 0 Å². The Morgan fingerprint density at radius 3 is 2.30 bits per heavy atom. The number of rotatable bonds is 0. The van der Waals surface area contributed by atoms with Crippen molar-refractivity contribution in [3.63, 3.8) is 0 Å². The Kier molecular flexibility index (Phi) is 4.19. The molecule has 1 amide bonds. The second kappa shape index (κ2) is 4.72. The van der Waals surface area contributed by atoms with Crippen LogP contribution in [0.2, 0.25) is 0 Å². The molecule has 0 atom stereocenters. The lowest BCUT2D eigenvalue weighted by molar-refractivity contribution is -0.126. The van der Waals surface area contributed by atoms with Crippen molar-refractivity contribution in [2.45, 2.75) is 12.8 Å². The van der Waals surface area contributed by atoms with Crippen LogP contribution in [0.4, 0.5) is 0 Å². The van der Waals surface area contributed by atoms with E-state index in [0.717, 1.165) is 19.4 Å². The maximum Gasteiger partial charge on any atom is 0.222 e. The highest BCUT2D eigenvalue weighted by molar-refractivity contribution is 5.77. The molecule has 1 rings (SSSR count). The van der Waals surface area contributed by atoms with Gasteiger partial charge in [0, 0.05) is 20.0 Å². The zero-order valence-corrected chi connectivity index (χ0v) is 5.78. The highest BCUT2D eigenvalue weighted by atomic mass is 16.6. The van der Waals surface area contributed by atoms with Crippen LogP contribution in [0.3, 0.4) is 0 Å². The van der Waals surface area contributed by atoms with Crippen LogP contribution < -0.4 is 0 Å². The number of carbonyl (C=O) groups excluding carboxylic acids is 1. The van der Waals surface area contributed by atoms with Gasteiger partial charge in [-0.1, -0.05) is 0 Å². The summed E-state index contributed by atoms with van der Waals surface area (Å²) in [7, 11) is 1.84. The number of carbonyl (C=O) groups is 1. The highest BCUT2D eigenvalue weighted by Crippen LogP contribution is 2.04. The van der Waals surface area contributed by atoms with Crippen LogP contribution in [-0.2, 0) is 4.79 Å². The predicted molar refractivity (Wildman–Crippen MR) is 34.5 cm³/mol. The van der Waals surface area contributed by atoms with Crippen LogP contribution in [-0.4, -0.2) is 29.6 Å². The third-order valence-corrected chi connectivity index (χ3v) is 1.31. The second-order valence-corrected chi connectivity index (χ2v) is 2.00. The maximum atomic E-state index is 10.5. The minimum atomic E-state index is 0.292. The summed E-state index contributed by atoms with van der Waals surface area (Å²) >= 11 is 0. The van der Waals surface area contributed by atoms with Crippen molar-refractivity contribution in [3.05, 3.63) is 4.91 Å². The molecule has 0 aromatic carbocycles. The van der Waals surface area contributed by atoms with Crippen LogP contribution >= 0.6 is 0 Å². The van der Waals surface area contributed by atoms with Crippen LogP contribution in [0.5, 0.6) is 0 Å². The Labute approximate surface area is 58.6 Å². The first-order valence-corrected chi connectivity index (χ1v) is 2.93. The van der Waals surface area contributed by atoms with E-state index in [2.05, 4.69) is 0 Å². The molecule has 10 heavy (non-hydrogen) atoms. The van der Waals surface area contributed by atoms with Crippen molar-refractivity contribution < 1.29 is 10.0 Å². The van der Waals surface area contributed by atoms with Crippen LogP contribution in [0.25, 0.3) is 0 Å². The monoisotopic (exact) mass is 146 g/mol. The molecule has 58 valence electrons. The molecule has 0 saturated carbocycles. The van der Waals surface area contributed by atoms with Crippen LogP contribution in [0.15, 0.2) is 5.34 Å². The van der Waals surface area contributed by atoms with Crippen molar-refractivity contribution >= 4 is 5.91 Å².